The number of phenolic OH excluding ortho intramolecular Hbond substituents is 1. The third-order valence-electron chi connectivity index (χ3n) is 4.49. The Balaban J connectivity index is 1.61. The highest BCUT2D eigenvalue weighted by Crippen LogP contribution is 2.28. The van der Waals surface area contributed by atoms with Crippen LogP contribution >= 0.6 is 0 Å². The molecule has 0 spiro atoms. The Bertz CT molecular complexity index is 648. The van der Waals surface area contributed by atoms with Crippen molar-refractivity contribution in [3.63, 3.8) is 0 Å². The molecule has 0 aliphatic carbocycles. The molecule has 1 fully saturated rings. The summed E-state index contributed by atoms with van der Waals surface area (Å²) in [4.78, 5) is 12.4. The van der Waals surface area contributed by atoms with Crippen LogP contribution in [0, 0.1) is 5.92 Å². The number of hydrogen-bond donors (Lipinski definition) is 2. The molecule has 1 aliphatic rings. The van der Waals surface area contributed by atoms with Gasteiger partial charge in [0.05, 0.1) is 12.6 Å². The van der Waals surface area contributed by atoms with Crippen molar-refractivity contribution < 1.29 is 14.6 Å². The monoisotopic (exact) mass is 325 g/mol. The van der Waals surface area contributed by atoms with Gasteiger partial charge < -0.3 is 15.2 Å². The van der Waals surface area contributed by atoms with Gasteiger partial charge in [0.15, 0.2) is 0 Å². The van der Waals surface area contributed by atoms with E-state index in [0.717, 1.165) is 24.2 Å². The maximum atomic E-state index is 12.4. The molecule has 4 heteroatoms. The molecule has 3 rings (SSSR count). The van der Waals surface area contributed by atoms with Crippen LogP contribution in [0.1, 0.15) is 30.0 Å². The summed E-state index contributed by atoms with van der Waals surface area (Å²) in [5.41, 5.74) is 2.18. The van der Waals surface area contributed by atoms with Gasteiger partial charge in [0, 0.05) is 18.9 Å². The Kier molecular flexibility index (Phi) is 5.49. The van der Waals surface area contributed by atoms with E-state index in [-0.39, 0.29) is 17.7 Å². The van der Waals surface area contributed by atoms with Gasteiger partial charge in [0.2, 0.25) is 5.91 Å². The first kappa shape index (κ1) is 16.5. The van der Waals surface area contributed by atoms with Gasteiger partial charge in [-0.15, -0.1) is 0 Å². The lowest BCUT2D eigenvalue weighted by molar-refractivity contribution is -0.122. The highest BCUT2D eigenvalue weighted by Gasteiger charge is 2.28. The van der Waals surface area contributed by atoms with E-state index in [1.54, 1.807) is 12.1 Å². The quantitative estimate of drug-likeness (QED) is 0.857. The molecule has 0 bridgehead atoms. The van der Waals surface area contributed by atoms with E-state index in [0.29, 0.717) is 25.4 Å². The van der Waals surface area contributed by atoms with Crippen molar-refractivity contribution in [3.8, 4) is 5.75 Å². The van der Waals surface area contributed by atoms with Crippen LogP contribution in [0.5, 0.6) is 5.75 Å². The number of ether oxygens (including phenoxy) is 1. The van der Waals surface area contributed by atoms with Crippen molar-refractivity contribution in [3.05, 3.63) is 65.7 Å². The van der Waals surface area contributed by atoms with E-state index in [9.17, 15) is 9.90 Å². The van der Waals surface area contributed by atoms with Gasteiger partial charge in [-0.25, -0.2) is 0 Å². The van der Waals surface area contributed by atoms with Crippen LogP contribution in [-0.4, -0.2) is 24.2 Å². The second kappa shape index (κ2) is 7.97. The number of carbonyl (C=O) groups is 1. The molecule has 0 radical (unpaired) electrons. The molecule has 0 saturated carbocycles. The number of carbonyl (C=O) groups excluding carboxylic acids is 1. The predicted molar refractivity (Wildman–Crippen MR) is 92.7 cm³/mol. The number of hydrogen-bond acceptors (Lipinski definition) is 3. The Morgan fingerprint density at radius 1 is 1.17 bits per heavy atom. The Morgan fingerprint density at radius 2 is 1.92 bits per heavy atom. The van der Waals surface area contributed by atoms with E-state index in [2.05, 4.69) is 17.4 Å². The summed E-state index contributed by atoms with van der Waals surface area (Å²) < 4.78 is 5.51. The minimum atomic E-state index is 0.000942. The van der Waals surface area contributed by atoms with Crippen LogP contribution in [0.4, 0.5) is 0 Å². The topological polar surface area (TPSA) is 58.6 Å². The normalized spacial score (nSPS) is 18.2. The maximum Gasteiger partial charge on any atom is 0.220 e. The molecule has 1 heterocycles. The van der Waals surface area contributed by atoms with Gasteiger partial charge >= 0.3 is 0 Å². The summed E-state index contributed by atoms with van der Waals surface area (Å²) in [5.74, 6) is 0.613. The molecule has 0 unspecified atom stereocenters. The van der Waals surface area contributed by atoms with E-state index >= 15 is 0 Å². The predicted octanol–water partition coefficient (Wildman–Crippen LogP) is 3.22. The molecule has 0 aromatic heterocycles. The zero-order valence-electron chi connectivity index (χ0n) is 13.7. The number of phenols is 1. The minimum Gasteiger partial charge on any atom is -0.508 e. The van der Waals surface area contributed by atoms with Crippen LogP contribution < -0.4 is 5.32 Å². The maximum absolute atomic E-state index is 12.4. The van der Waals surface area contributed by atoms with E-state index in [1.165, 1.54) is 0 Å². The first-order valence-electron chi connectivity index (χ1n) is 8.42. The van der Waals surface area contributed by atoms with Crippen molar-refractivity contribution in [1.29, 1.82) is 0 Å². The molecule has 4 nitrogen and oxygen atoms in total. The number of amides is 1. The summed E-state index contributed by atoms with van der Waals surface area (Å²) in [6, 6.07) is 17.1. The highest BCUT2D eigenvalue weighted by atomic mass is 16.5. The van der Waals surface area contributed by atoms with Crippen molar-refractivity contribution in [2.75, 3.05) is 13.2 Å². The van der Waals surface area contributed by atoms with E-state index in [1.807, 2.05) is 30.3 Å². The van der Waals surface area contributed by atoms with E-state index in [4.69, 9.17) is 4.74 Å². The average molecular weight is 325 g/mol. The summed E-state index contributed by atoms with van der Waals surface area (Å²) in [6.07, 6.45) is 2.06. The van der Waals surface area contributed by atoms with Gasteiger partial charge in [0.1, 0.15) is 5.75 Å². The fourth-order valence-electron chi connectivity index (χ4n) is 3.12. The first-order chi connectivity index (χ1) is 11.7. The zero-order chi connectivity index (χ0) is 16.8. The standard InChI is InChI=1S/C20H23NO3/c22-18-9-6-15(7-10-18)8-11-19(23)21-20(17-12-13-24-14-17)16-4-2-1-3-5-16/h1-7,9-10,17,20,22H,8,11-14H2,(H,21,23)/t17-,20+/m1/s1. The van der Waals surface area contributed by atoms with Crippen molar-refractivity contribution in [1.82, 2.24) is 5.32 Å². The van der Waals surface area contributed by atoms with Gasteiger partial charge in [-0.2, -0.15) is 0 Å². The van der Waals surface area contributed by atoms with Gasteiger partial charge in [-0.3, -0.25) is 4.79 Å². The van der Waals surface area contributed by atoms with Crippen molar-refractivity contribution >= 4 is 5.91 Å². The Labute approximate surface area is 142 Å². The molecule has 1 saturated heterocycles. The molecule has 24 heavy (non-hydrogen) atoms. The lowest BCUT2D eigenvalue weighted by atomic mass is 9.92. The summed E-state index contributed by atoms with van der Waals surface area (Å²) in [5, 5.41) is 12.5. The van der Waals surface area contributed by atoms with E-state index < -0.39 is 0 Å². The second-order valence-electron chi connectivity index (χ2n) is 6.25. The Morgan fingerprint density at radius 3 is 2.58 bits per heavy atom. The number of nitrogens with one attached hydrogen (secondary N) is 1. The number of aryl methyl sites for hydroxylation is 1. The smallest absolute Gasteiger partial charge is 0.220 e. The third kappa shape index (κ3) is 4.36. The average Bonchev–Trinajstić information content (AvgIpc) is 3.14. The largest absolute Gasteiger partial charge is 0.508 e. The minimum absolute atomic E-state index is 0.000942. The number of benzene rings is 2. The molecule has 2 aromatic carbocycles. The molecule has 2 N–H and O–H groups in total. The van der Waals surface area contributed by atoms with Crippen LogP contribution in [-0.2, 0) is 16.0 Å². The Hall–Kier alpha value is -2.33. The summed E-state index contributed by atoms with van der Waals surface area (Å²) in [7, 11) is 0. The highest BCUT2D eigenvalue weighted by molar-refractivity contribution is 5.76. The van der Waals surface area contributed by atoms with Crippen LogP contribution in [0.15, 0.2) is 54.6 Å². The SMILES string of the molecule is O=C(CCc1ccc(O)cc1)N[C@@H](c1ccccc1)[C@@H]1CCOC1. The van der Waals surface area contributed by atoms with Gasteiger partial charge in [-0.1, -0.05) is 42.5 Å². The van der Waals surface area contributed by atoms with Crippen LogP contribution in [0.25, 0.3) is 0 Å². The fourth-order valence-corrected chi connectivity index (χ4v) is 3.12. The van der Waals surface area contributed by atoms with Crippen molar-refractivity contribution in [2.45, 2.75) is 25.3 Å². The number of aromatic hydroxyl groups is 1. The summed E-state index contributed by atoms with van der Waals surface area (Å²) in [6.45, 7) is 1.45. The van der Waals surface area contributed by atoms with Crippen molar-refractivity contribution in [2.24, 2.45) is 5.92 Å². The molecule has 126 valence electrons. The zero-order valence-corrected chi connectivity index (χ0v) is 13.7. The summed E-state index contributed by atoms with van der Waals surface area (Å²) >= 11 is 0. The first-order valence-corrected chi connectivity index (χ1v) is 8.42. The van der Waals surface area contributed by atoms with Gasteiger partial charge in [0.25, 0.3) is 0 Å². The fraction of sp³-hybridized carbons (Fsp3) is 0.350. The molecule has 1 aliphatic heterocycles. The van der Waals surface area contributed by atoms with Gasteiger partial charge in [-0.05, 0) is 36.1 Å². The second-order valence-corrected chi connectivity index (χ2v) is 6.25. The molecule has 1 amide bonds. The molecular formula is C20H23NO3. The van der Waals surface area contributed by atoms with Crippen LogP contribution in [0.2, 0.25) is 0 Å². The molecule has 2 aromatic rings. The molecule has 2 atom stereocenters. The third-order valence-corrected chi connectivity index (χ3v) is 4.49. The lowest BCUT2D eigenvalue weighted by Crippen LogP contribution is -2.34. The van der Waals surface area contributed by atoms with Crippen LogP contribution in [0.3, 0.4) is 0 Å². The number of rotatable bonds is 6. The lowest BCUT2D eigenvalue weighted by Gasteiger charge is -2.24. The molecular weight excluding hydrogens is 302 g/mol.